The molecule has 4 aliphatic rings. The molecule has 4 aliphatic carbocycles. The van der Waals surface area contributed by atoms with Crippen molar-refractivity contribution in [3.63, 3.8) is 0 Å². The van der Waals surface area contributed by atoms with Crippen LogP contribution in [0.25, 0.3) is 0 Å². The Bertz CT molecular complexity index is 1020. The lowest BCUT2D eigenvalue weighted by atomic mass is 9.44. The van der Waals surface area contributed by atoms with E-state index in [0.29, 0.717) is 31.3 Å². The van der Waals surface area contributed by atoms with Gasteiger partial charge in [-0.3, -0.25) is 14.4 Å². The summed E-state index contributed by atoms with van der Waals surface area (Å²) < 4.78 is 16.9. The second-order valence-electron chi connectivity index (χ2n) is 13.0. The quantitative estimate of drug-likeness (QED) is 0.271. The van der Waals surface area contributed by atoms with Gasteiger partial charge >= 0.3 is 5.97 Å². The molecule has 0 unspecified atom stereocenters. The Morgan fingerprint density at radius 1 is 1.07 bits per heavy atom. The summed E-state index contributed by atoms with van der Waals surface area (Å²) in [7, 11) is 0. The molecule has 7 nitrogen and oxygen atoms in total. The van der Waals surface area contributed by atoms with E-state index in [9.17, 15) is 29.7 Å². The molecule has 0 saturated heterocycles. The lowest BCUT2D eigenvalue weighted by Gasteiger charge is -2.62. The van der Waals surface area contributed by atoms with Crippen LogP contribution in [0.3, 0.4) is 0 Å². The van der Waals surface area contributed by atoms with Gasteiger partial charge in [0.15, 0.2) is 17.2 Å². The fraction of sp³-hybridized carbons (Fsp3) is 0.781. The maximum absolute atomic E-state index is 16.9. The first-order valence-corrected chi connectivity index (χ1v) is 15.1. The van der Waals surface area contributed by atoms with Gasteiger partial charge in [0.2, 0.25) is 0 Å². The van der Waals surface area contributed by atoms with Crippen molar-refractivity contribution in [1.29, 1.82) is 0 Å². The second-order valence-corrected chi connectivity index (χ2v) is 13.0. The van der Waals surface area contributed by atoms with Crippen molar-refractivity contribution in [3.05, 3.63) is 23.8 Å². The van der Waals surface area contributed by atoms with Crippen LogP contribution in [0.5, 0.6) is 0 Å². The topological polar surface area (TPSA) is 132 Å². The van der Waals surface area contributed by atoms with E-state index in [1.807, 2.05) is 0 Å². The number of carboxylic acid groups (broad SMARTS) is 1. The summed E-state index contributed by atoms with van der Waals surface area (Å²) in [5.74, 6) is -2.78. The van der Waals surface area contributed by atoms with Gasteiger partial charge in [0, 0.05) is 23.2 Å². The standard InChI is InChI=1S/C22H29FO5.C10H20O2/c1-12-8-16-15-5-4-13-9-14(25)6-7-19(13,2)21(15,23)17(26)10-20(16,3)22(12,28)18(27)11-24;1-2-3-4-5-6-7-8-9-10(11)12/h6-7,9,12,15-17,24,26,28H,4-5,8,10-11H2,1-3H3;2-9H2,1H3,(H,11,12)/t12-,15+,16+,17+,19+,20+,21+,22+;/m1./s1. The molecule has 0 bridgehead atoms. The highest BCUT2D eigenvalue weighted by atomic mass is 19.1. The van der Waals surface area contributed by atoms with Crippen molar-refractivity contribution in [1.82, 2.24) is 0 Å². The van der Waals surface area contributed by atoms with Gasteiger partial charge in [0.05, 0.1) is 6.10 Å². The van der Waals surface area contributed by atoms with Crippen molar-refractivity contribution < 1.29 is 39.2 Å². The number of unbranched alkanes of at least 4 members (excludes halogenated alkanes) is 6. The Labute approximate surface area is 237 Å². The number of alkyl halides is 1. The normalized spacial score (nSPS) is 39.8. The summed E-state index contributed by atoms with van der Waals surface area (Å²) in [5, 5.41) is 40.3. The molecule has 40 heavy (non-hydrogen) atoms. The zero-order valence-electron chi connectivity index (χ0n) is 24.6. The molecule has 226 valence electrons. The van der Waals surface area contributed by atoms with E-state index in [1.54, 1.807) is 26.8 Å². The minimum Gasteiger partial charge on any atom is -0.481 e. The predicted molar refractivity (Wildman–Crippen MR) is 150 cm³/mol. The van der Waals surface area contributed by atoms with Crippen LogP contribution in [0.4, 0.5) is 4.39 Å². The van der Waals surface area contributed by atoms with Crippen LogP contribution in [-0.4, -0.2) is 61.9 Å². The first-order chi connectivity index (χ1) is 18.7. The first-order valence-electron chi connectivity index (χ1n) is 15.1. The predicted octanol–water partition coefficient (Wildman–Crippen LogP) is 5.11. The van der Waals surface area contributed by atoms with Crippen molar-refractivity contribution >= 4 is 17.5 Å². The number of carboxylic acids is 1. The molecular weight excluding hydrogens is 515 g/mol. The van der Waals surface area contributed by atoms with Crippen LogP contribution < -0.4 is 0 Å². The molecule has 0 spiro atoms. The number of Topliss-reactive ketones (excluding diaryl/α,β-unsaturated/α-hetero) is 1. The molecule has 3 saturated carbocycles. The van der Waals surface area contributed by atoms with Gasteiger partial charge < -0.3 is 20.4 Å². The summed E-state index contributed by atoms with van der Waals surface area (Å²) in [6.07, 6.45) is 13.1. The molecule has 0 aromatic rings. The lowest BCUT2D eigenvalue weighted by Crippen LogP contribution is -2.69. The van der Waals surface area contributed by atoms with Crippen LogP contribution in [0.1, 0.15) is 105 Å². The number of hydrogen-bond acceptors (Lipinski definition) is 6. The summed E-state index contributed by atoms with van der Waals surface area (Å²) in [6, 6.07) is 0. The summed E-state index contributed by atoms with van der Waals surface area (Å²) in [4.78, 5) is 34.5. The maximum atomic E-state index is 16.9. The average Bonchev–Trinajstić information content (AvgIpc) is 3.10. The Balaban J connectivity index is 0.000000312. The number of carbonyl (C=O) groups is 3. The van der Waals surface area contributed by atoms with Gasteiger partial charge in [-0.25, -0.2) is 4.39 Å². The highest BCUT2D eigenvalue weighted by molar-refractivity contribution is 6.01. The highest BCUT2D eigenvalue weighted by Crippen LogP contribution is 2.70. The summed E-state index contributed by atoms with van der Waals surface area (Å²) >= 11 is 0. The van der Waals surface area contributed by atoms with Gasteiger partial charge in [-0.2, -0.15) is 0 Å². The Morgan fingerprint density at radius 2 is 1.70 bits per heavy atom. The Morgan fingerprint density at radius 3 is 2.30 bits per heavy atom. The molecule has 0 aromatic carbocycles. The van der Waals surface area contributed by atoms with Gasteiger partial charge in [-0.1, -0.05) is 70.9 Å². The molecule has 0 amide bonds. The summed E-state index contributed by atoms with van der Waals surface area (Å²) in [5.41, 5.74) is -5.17. The van der Waals surface area contributed by atoms with Gasteiger partial charge in [-0.15, -0.1) is 0 Å². The molecule has 8 heteroatoms. The van der Waals surface area contributed by atoms with Crippen molar-refractivity contribution in [3.8, 4) is 0 Å². The SMILES string of the molecule is CCCCCCCCCC(=O)O.C[C@@H]1C[C@H]2[C@@H]3CCC4=CC(=O)C=C[C@]4(C)[C@@]3(F)[C@@H](O)C[C@]2(C)[C@@]1(O)C(=O)CO. The van der Waals surface area contributed by atoms with E-state index >= 15 is 4.39 Å². The van der Waals surface area contributed by atoms with Crippen LogP contribution >= 0.6 is 0 Å². The third-order valence-corrected chi connectivity index (χ3v) is 10.8. The number of allylic oxidation sites excluding steroid dienone is 4. The molecule has 4 rings (SSSR count). The van der Waals surface area contributed by atoms with Gasteiger partial charge in [0.1, 0.15) is 12.2 Å². The zero-order valence-corrected chi connectivity index (χ0v) is 24.6. The monoisotopic (exact) mass is 564 g/mol. The Hall–Kier alpha value is -1.90. The number of aliphatic carboxylic acids is 1. The van der Waals surface area contributed by atoms with Crippen LogP contribution in [0.2, 0.25) is 0 Å². The van der Waals surface area contributed by atoms with E-state index in [0.717, 1.165) is 12.8 Å². The molecule has 0 heterocycles. The van der Waals surface area contributed by atoms with E-state index < -0.39 is 58.4 Å². The first kappa shape index (κ1) is 32.6. The van der Waals surface area contributed by atoms with Gasteiger partial charge in [-0.05, 0) is 63.0 Å². The van der Waals surface area contributed by atoms with Crippen molar-refractivity contribution in [2.75, 3.05) is 6.61 Å². The van der Waals surface area contributed by atoms with Crippen LogP contribution in [0.15, 0.2) is 23.8 Å². The molecular formula is C32H49FO7. The van der Waals surface area contributed by atoms with E-state index in [1.165, 1.54) is 44.3 Å². The number of fused-ring (bicyclic) bond motifs is 5. The van der Waals surface area contributed by atoms with E-state index in [4.69, 9.17) is 5.11 Å². The van der Waals surface area contributed by atoms with Crippen molar-refractivity contribution in [2.24, 2.45) is 28.6 Å². The van der Waals surface area contributed by atoms with Crippen molar-refractivity contribution in [2.45, 2.75) is 122 Å². The fourth-order valence-electron chi connectivity index (χ4n) is 8.49. The lowest BCUT2D eigenvalue weighted by molar-refractivity contribution is -0.219. The van der Waals surface area contributed by atoms with Crippen LogP contribution in [0, 0.1) is 28.6 Å². The van der Waals surface area contributed by atoms with E-state index in [2.05, 4.69) is 6.92 Å². The third kappa shape index (κ3) is 5.36. The number of aliphatic hydroxyl groups excluding tert-OH is 2. The molecule has 4 N–H and O–H groups in total. The molecule has 3 fully saturated rings. The Kier molecular flexibility index (Phi) is 10.2. The van der Waals surface area contributed by atoms with E-state index in [-0.39, 0.29) is 18.1 Å². The number of halogens is 1. The maximum Gasteiger partial charge on any atom is 0.303 e. The minimum atomic E-state index is -1.98. The molecule has 0 aliphatic heterocycles. The zero-order chi connectivity index (χ0) is 29.9. The minimum absolute atomic E-state index is 0.0676. The number of hydrogen-bond donors (Lipinski definition) is 4. The third-order valence-electron chi connectivity index (χ3n) is 10.8. The number of ketones is 2. The number of rotatable bonds is 10. The van der Waals surface area contributed by atoms with Crippen LogP contribution in [-0.2, 0) is 14.4 Å². The largest absolute Gasteiger partial charge is 0.481 e. The smallest absolute Gasteiger partial charge is 0.303 e. The van der Waals surface area contributed by atoms with Gasteiger partial charge in [0.25, 0.3) is 0 Å². The molecule has 0 aromatic heterocycles. The second kappa shape index (κ2) is 12.5. The number of aliphatic hydroxyl groups is 3. The number of carbonyl (C=O) groups excluding carboxylic acids is 2. The highest BCUT2D eigenvalue weighted by Gasteiger charge is 2.75. The molecule has 0 radical (unpaired) electrons. The fourth-order valence-corrected chi connectivity index (χ4v) is 8.49. The average molecular weight is 565 g/mol. The summed E-state index contributed by atoms with van der Waals surface area (Å²) in [6.45, 7) is 6.68. The molecule has 8 atom stereocenters.